The molecule has 0 radical (unpaired) electrons. The van der Waals surface area contributed by atoms with Crippen LogP contribution >= 0.6 is 0 Å². The van der Waals surface area contributed by atoms with Gasteiger partial charge in [0.25, 0.3) is 0 Å². The van der Waals surface area contributed by atoms with E-state index in [1.807, 2.05) is 0 Å². The Kier molecular flexibility index (Phi) is 19.7. The van der Waals surface area contributed by atoms with Gasteiger partial charge in [-0.3, -0.25) is 58.8 Å². The first-order valence-electron chi connectivity index (χ1n) is 16.3. The van der Waals surface area contributed by atoms with Crippen LogP contribution in [0.1, 0.15) is 59.3 Å². The van der Waals surface area contributed by atoms with Gasteiger partial charge in [-0.2, -0.15) is 0 Å². The first-order chi connectivity index (χ1) is 24.4. The Morgan fingerprint density at radius 2 is 0.808 bits per heavy atom. The molecule has 1 saturated heterocycles. The smallest absolute Gasteiger partial charge is 0.245 e. The Hall–Kier alpha value is -4.97. The van der Waals surface area contributed by atoms with Crippen LogP contribution < -0.4 is 31.9 Å². The monoisotopic (exact) mass is 747 g/mol. The minimum absolute atomic E-state index is 0.0508. The molecule has 11 N–H and O–H groups in total. The van der Waals surface area contributed by atoms with Crippen LogP contribution in [0.15, 0.2) is 0 Å². The fourth-order valence-electron chi connectivity index (χ4n) is 4.63. The minimum Gasteiger partial charge on any atom is -0.394 e. The number of amides is 9. The zero-order valence-corrected chi connectivity index (χ0v) is 29.1. The number of aliphatic hydroxyl groups excluding tert-OH is 2. The Labute approximate surface area is 298 Å². The quantitative estimate of drug-likeness (QED) is 0.0584. The van der Waals surface area contributed by atoms with Crippen LogP contribution in [0.4, 0.5) is 0 Å². The lowest BCUT2D eigenvalue weighted by molar-refractivity contribution is -0.163. The summed E-state index contributed by atoms with van der Waals surface area (Å²) in [6.07, 6.45) is -0.960. The Morgan fingerprint density at radius 3 is 1.13 bits per heavy atom. The van der Waals surface area contributed by atoms with Gasteiger partial charge in [0.05, 0.1) is 19.8 Å². The Bertz CT molecular complexity index is 1300. The summed E-state index contributed by atoms with van der Waals surface area (Å²) >= 11 is 0. The molecule has 0 aromatic carbocycles. The highest BCUT2D eigenvalue weighted by molar-refractivity contribution is 5.97. The van der Waals surface area contributed by atoms with Gasteiger partial charge in [0.1, 0.15) is 30.2 Å². The number of aliphatic hydroxyl groups is 2. The van der Waals surface area contributed by atoms with Crippen LogP contribution in [0, 0.1) is 0 Å². The van der Waals surface area contributed by atoms with Gasteiger partial charge in [-0.15, -0.1) is 0 Å². The molecule has 0 aromatic heterocycles. The van der Waals surface area contributed by atoms with Crippen LogP contribution in [0.5, 0.6) is 0 Å². The maximum Gasteiger partial charge on any atom is 0.245 e. The number of nitrogens with zero attached hydrogens (tertiary/aromatic N) is 3. The third kappa shape index (κ3) is 15.9. The summed E-state index contributed by atoms with van der Waals surface area (Å²) in [5.41, 5.74) is 0. The van der Waals surface area contributed by atoms with Crippen molar-refractivity contribution in [2.45, 2.75) is 89.5 Å². The minimum atomic E-state index is -1.72. The maximum atomic E-state index is 13.7. The largest absolute Gasteiger partial charge is 0.394 e. The van der Waals surface area contributed by atoms with Crippen molar-refractivity contribution in [1.82, 2.24) is 47.1 Å². The highest BCUT2D eigenvalue weighted by atomic mass is 16.5. The van der Waals surface area contributed by atoms with Crippen molar-refractivity contribution in [1.29, 1.82) is 0 Å². The second-order valence-electron chi connectivity index (χ2n) is 11.8. The summed E-state index contributed by atoms with van der Waals surface area (Å²) in [6.45, 7) is -0.358. The Morgan fingerprint density at radius 1 is 0.519 bits per heavy atom. The fraction of sp³-hybridized carbons (Fsp3) is 0.690. The predicted octanol–water partition coefficient (Wildman–Crippen LogP) is -5.42. The molecule has 294 valence electrons. The van der Waals surface area contributed by atoms with Gasteiger partial charge in [0.15, 0.2) is 0 Å². The topological polar surface area (TPSA) is 337 Å². The Balaban J connectivity index is 3.56. The summed E-state index contributed by atoms with van der Waals surface area (Å²) in [5, 5.41) is 63.7. The molecule has 1 fully saturated rings. The van der Waals surface area contributed by atoms with Crippen molar-refractivity contribution < 1.29 is 69.0 Å². The summed E-state index contributed by atoms with van der Waals surface area (Å²) in [5.74, 6) is -8.27. The van der Waals surface area contributed by atoms with Crippen LogP contribution in [0.3, 0.4) is 0 Å². The zero-order valence-electron chi connectivity index (χ0n) is 29.1. The second-order valence-corrected chi connectivity index (χ2v) is 11.8. The highest BCUT2D eigenvalue weighted by Gasteiger charge is 2.33. The van der Waals surface area contributed by atoms with E-state index in [0.717, 1.165) is 20.8 Å². The van der Waals surface area contributed by atoms with Gasteiger partial charge in [0, 0.05) is 40.4 Å². The molecule has 5 atom stereocenters. The summed E-state index contributed by atoms with van der Waals surface area (Å²) < 4.78 is 0. The van der Waals surface area contributed by atoms with E-state index in [1.54, 1.807) is 0 Å². The van der Waals surface area contributed by atoms with Gasteiger partial charge in [-0.1, -0.05) is 0 Å². The van der Waals surface area contributed by atoms with E-state index in [0.29, 0.717) is 15.2 Å². The molecule has 23 nitrogen and oxygen atoms in total. The maximum absolute atomic E-state index is 13.7. The van der Waals surface area contributed by atoms with Crippen LogP contribution in [0.25, 0.3) is 0 Å². The van der Waals surface area contributed by atoms with Crippen molar-refractivity contribution in [2.24, 2.45) is 0 Å². The van der Waals surface area contributed by atoms with Crippen molar-refractivity contribution in [3.63, 3.8) is 0 Å². The fourth-order valence-corrected chi connectivity index (χ4v) is 4.63. The first kappa shape index (κ1) is 45.1. The van der Waals surface area contributed by atoms with Crippen LogP contribution in [-0.2, 0) is 43.2 Å². The van der Waals surface area contributed by atoms with Gasteiger partial charge >= 0.3 is 0 Å². The molecule has 9 amide bonds. The van der Waals surface area contributed by atoms with Crippen LogP contribution in [0.2, 0.25) is 0 Å². The van der Waals surface area contributed by atoms with Gasteiger partial charge in [0.2, 0.25) is 53.2 Å². The molecule has 1 aliphatic heterocycles. The second kappa shape index (κ2) is 22.8. The molecular weight excluding hydrogens is 698 g/mol. The lowest BCUT2D eigenvalue weighted by Gasteiger charge is -2.28. The summed E-state index contributed by atoms with van der Waals surface area (Å²) in [4.78, 5) is 113. The molecule has 0 unspecified atom stereocenters. The number of carbonyl (C=O) groups excluding carboxylic acids is 9. The zero-order chi connectivity index (χ0) is 39.5. The predicted molar refractivity (Wildman–Crippen MR) is 172 cm³/mol. The van der Waals surface area contributed by atoms with E-state index in [9.17, 15) is 69.0 Å². The third-order valence-corrected chi connectivity index (χ3v) is 7.65. The molecule has 23 heteroatoms. The lowest BCUT2D eigenvalue weighted by atomic mass is 10.0. The first-order valence-corrected chi connectivity index (χ1v) is 16.3. The van der Waals surface area contributed by atoms with Gasteiger partial charge in [-0.05, 0) is 38.5 Å². The number of hydrogen-bond acceptors (Lipinski definition) is 14. The van der Waals surface area contributed by atoms with E-state index in [1.165, 1.54) is 0 Å². The molecule has 0 bridgehead atoms. The normalized spacial score (nSPS) is 22.3. The third-order valence-electron chi connectivity index (χ3n) is 7.65. The number of nitrogens with one attached hydrogen (secondary N) is 6. The van der Waals surface area contributed by atoms with Crippen molar-refractivity contribution >= 4 is 53.2 Å². The van der Waals surface area contributed by atoms with Crippen molar-refractivity contribution in [3.05, 3.63) is 0 Å². The average Bonchev–Trinajstić information content (AvgIpc) is 3.09. The van der Waals surface area contributed by atoms with E-state index in [4.69, 9.17) is 0 Å². The van der Waals surface area contributed by atoms with Crippen molar-refractivity contribution in [3.8, 4) is 0 Å². The highest BCUT2D eigenvalue weighted by Crippen LogP contribution is 2.08. The number of carbonyl (C=O) groups is 9. The molecule has 1 heterocycles. The van der Waals surface area contributed by atoms with Gasteiger partial charge < -0.3 is 42.1 Å². The molecule has 1 aliphatic rings. The lowest BCUT2D eigenvalue weighted by Crippen LogP contribution is -2.61. The molecule has 0 spiro atoms. The van der Waals surface area contributed by atoms with E-state index in [2.05, 4.69) is 31.9 Å². The standard InChI is InChI=1S/C29H49N9O14/c1-16(41)36(50)10-4-7-19-26(46)32-20(8-5-11-37(51)17(2)42)27(47)33-21(9-6-12-38(52)18(3)43)28(48)35-23(15-40)29(49)34-22(14-39)25(45)30-13-24(44)31-19/h19-23,39-40,50-52H,4-15H2,1-3H3,(H,30,45)(H,31,44)(H,32,46)(H,33,47)(H,34,49)(H,35,48)/t19-,20-,21+,22+,23-/m0/s1. The van der Waals surface area contributed by atoms with Crippen molar-refractivity contribution in [2.75, 3.05) is 39.4 Å². The van der Waals surface area contributed by atoms with E-state index >= 15 is 0 Å². The van der Waals surface area contributed by atoms with Crippen LogP contribution in [-0.4, -0.2) is 164 Å². The molecule has 0 aliphatic carbocycles. The molecule has 1 rings (SSSR count). The number of hydrogen-bond donors (Lipinski definition) is 11. The number of rotatable bonds is 14. The van der Waals surface area contributed by atoms with E-state index < -0.39 is 103 Å². The molecule has 0 saturated carbocycles. The molecule has 0 aromatic rings. The SMILES string of the molecule is CC(=O)N(O)CCC[C@@H]1NC(=O)CNC(=O)[C@@H](CO)NC(=O)[C@H](CO)NC(=O)[C@@H](CCCN(O)C(C)=O)NC(=O)[C@H](CCCN(O)C(C)=O)NC1=O. The molecular formula is C29H49N9O14. The van der Waals surface area contributed by atoms with E-state index in [-0.39, 0.29) is 58.2 Å². The average molecular weight is 748 g/mol. The number of hydroxylamine groups is 6. The van der Waals surface area contributed by atoms with Gasteiger partial charge in [-0.25, -0.2) is 15.2 Å². The summed E-state index contributed by atoms with van der Waals surface area (Å²) in [6, 6.07) is -7.86. The molecule has 52 heavy (non-hydrogen) atoms. The summed E-state index contributed by atoms with van der Waals surface area (Å²) in [7, 11) is 0.